The summed E-state index contributed by atoms with van der Waals surface area (Å²) in [5, 5.41) is 5.54. The Morgan fingerprint density at radius 1 is 1.10 bits per heavy atom. The molecule has 0 saturated carbocycles. The Balaban J connectivity index is 1.39. The normalized spacial score (nSPS) is 15.9. The van der Waals surface area contributed by atoms with Crippen LogP contribution in [-0.2, 0) is 11.3 Å². The van der Waals surface area contributed by atoms with Gasteiger partial charge in [-0.15, -0.1) is 0 Å². The molecule has 4 rings (SSSR count). The Bertz CT molecular complexity index is 1100. The maximum absolute atomic E-state index is 12.8. The third-order valence-electron chi connectivity index (χ3n) is 5.84. The SMILES string of the molecule is COc1cccc(C(C)N2CCN(C(=O)Cn3ncc4ccccc4c3=O)CC2)c1. The zero-order valence-electron chi connectivity index (χ0n) is 17.3. The number of nitrogens with zero attached hydrogens (tertiary/aromatic N) is 4. The Kier molecular flexibility index (Phi) is 5.81. The van der Waals surface area contributed by atoms with E-state index < -0.39 is 0 Å². The number of rotatable bonds is 5. The van der Waals surface area contributed by atoms with Crippen molar-refractivity contribution in [2.24, 2.45) is 0 Å². The van der Waals surface area contributed by atoms with Gasteiger partial charge >= 0.3 is 0 Å². The lowest BCUT2D eigenvalue weighted by atomic mass is 10.1. The van der Waals surface area contributed by atoms with Crippen LogP contribution in [0, 0.1) is 0 Å². The topological polar surface area (TPSA) is 67.7 Å². The van der Waals surface area contributed by atoms with Gasteiger partial charge in [0, 0.05) is 37.6 Å². The van der Waals surface area contributed by atoms with E-state index in [-0.39, 0.29) is 24.1 Å². The van der Waals surface area contributed by atoms with Crippen molar-refractivity contribution in [3.8, 4) is 5.75 Å². The molecule has 0 radical (unpaired) electrons. The summed E-state index contributed by atoms with van der Waals surface area (Å²) >= 11 is 0. The molecule has 0 bridgehead atoms. The molecule has 1 amide bonds. The summed E-state index contributed by atoms with van der Waals surface area (Å²) in [6, 6.07) is 15.6. The Morgan fingerprint density at radius 3 is 2.63 bits per heavy atom. The minimum absolute atomic E-state index is 0.0326. The van der Waals surface area contributed by atoms with Gasteiger partial charge < -0.3 is 9.64 Å². The lowest BCUT2D eigenvalue weighted by molar-refractivity contribution is -0.134. The average molecular weight is 406 g/mol. The molecule has 2 aromatic carbocycles. The van der Waals surface area contributed by atoms with E-state index in [0.29, 0.717) is 18.5 Å². The Labute approximate surface area is 175 Å². The highest BCUT2D eigenvalue weighted by Gasteiger charge is 2.25. The lowest BCUT2D eigenvalue weighted by Gasteiger charge is -2.38. The number of piperazine rings is 1. The molecule has 0 aliphatic carbocycles. The lowest BCUT2D eigenvalue weighted by Crippen LogP contribution is -2.50. The molecular formula is C23H26N4O3. The van der Waals surface area contributed by atoms with Crippen LogP contribution in [0.5, 0.6) is 5.75 Å². The van der Waals surface area contributed by atoms with Gasteiger partial charge in [-0.3, -0.25) is 14.5 Å². The fraction of sp³-hybridized carbons (Fsp3) is 0.348. The fourth-order valence-corrected chi connectivity index (χ4v) is 3.94. The number of methoxy groups -OCH3 is 1. The van der Waals surface area contributed by atoms with E-state index in [1.165, 1.54) is 10.2 Å². The zero-order chi connectivity index (χ0) is 21.1. The Hall–Kier alpha value is -3.19. The molecule has 1 atom stereocenters. The predicted molar refractivity (Wildman–Crippen MR) is 116 cm³/mol. The highest BCUT2D eigenvalue weighted by Crippen LogP contribution is 2.24. The van der Waals surface area contributed by atoms with Crippen molar-refractivity contribution in [2.45, 2.75) is 19.5 Å². The number of carbonyl (C=O) groups excluding carboxylic acids is 1. The van der Waals surface area contributed by atoms with Crippen molar-refractivity contribution >= 4 is 16.7 Å². The van der Waals surface area contributed by atoms with E-state index in [1.807, 2.05) is 35.2 Å². The quantitative estimate of drug-likeness (QED) is 0.651. The molecule has 0 N–H and O–H groups in total. The molecular weight excluding hydrogens is 380 g/mol. The van der Waals surface area contributed by atoms with Gasteiger partial charge in [0.15, 0.2) is 0 Å². The molecule has 1 aliphatic rings. The van der Waals surface area contributed by atoms with Crippen LogP contribution in [0.2, 0.25) is 0 Å². The molecule has 3 aromatic rings. The smallest absolute Gasteiger partial charge is 0.275 e. The first-order valence-corrected chi connectivity index (χ1v) is 10.2. The van der Waals surface area contributed by atoms with Gasteiger partial charge in [0.25, 0.3) is 5.56 Å². The second-order valence-corrected chi connectivity index (χ2v) is 7.56. The first-order chi connectivity index (χ1) is 14.6. The van der Waals surface area contributed by atoms with E-state index in [1.54, 1.807) is 19.4 Å². The van der Waals surface area contributed by atoms with Gasteiger partial charge in [-0.05, 0) is 30.7 Å². The number of amides is 1. The summed E-state index contributed by atoms with van der Waals surface area (Å²) in [4.78, 5) is 29.6. The minimum Gasteiger partial charge on any atom is -0.497 e. The van der Waals surface area contributed by atoms with Crippen molar-refractivity contribution in [3.63, 3.8) is 0 Å². The fourth-order valence-electron chi connectivity index (χ4n) is 3.94. The van der Waals surface area contributed by atoms with E-state index in [0.717, 1.165) is 24.2 Å². The van der Waals surface area contributed by atoms with Gasteiger partial charge in [-0.2, -0.15) is 5.10 Å². The van der Waals surface area contributed by atoms with Gasteiger partial charge in [0.05, 0.1) is 18.7 Å². The van der Waals surface area contributed by atoms with Crippen LogP contribution >= 0.6 is 0 Å². The van der Waals surface area contributed by atoms with Gasteiger partial charge in [-0.25, -0.2) is 4.68 Å². The van der Waals surface area contributed by atoms with E-state index >= 15 is 0 Å². The van der Waals surface area contributed by atoms with Gasteiger partial charge in [0.1, 0.15) is 12.3 Å². The molecule has 1 saturated heterocycles. The van der Waals surface area contributed by atoms with Crippen molar-refractivity contribution in [3.05, 3.63) is 70.6 Å². The summed E-state index contributed by atoms with van der Waals surface area (Å²) in [6.45, 7) is 4.97. The zero-order valence-corrected chi connectivity index (χ0v) is 17.3. The van der Waals surface area contributed by atoms with Crippen LogP contribution < -0.4 is 10.3 Å². The standard InChI is InChI=1S/C23H26N4O3/c1-17(18-7-5-8-20(14-18)30-2)25-10-12-26(13-11-25)22(28)16-27-23(29)21-9-4-3-6-19(21)15-24-27/h3-9,14-15,17H,10-13,16H2,1-2H3. The highest BCUT2D eigenvalue weighted by atomic mass is 16.5. The van der Waals surface area contributed by atoms with Crippen LogP contribution in [0.15, 0.2) is 59.5 Å². The maximum Gasteiger partial charge on any atom is 0.275 e. The maximum atomic E-state index is 12.8. The van der Waals surface area contributed by atoms with Crippen LogP contribution in [0.25, 0.3) is 10.8 Å². The van der Waals surface area contributed by atoms with Crippen LogP contribution in [0.1, 0.15) is 18.5 Å². The van der Waals surface area contributed by atoms with Crippen molar-refractivity contribution in [2.75, 3.05) is 33.3 Å². The van der Waals surface area contributed by atoms with Gasteiger partial charge in [-0.1, -0.05) is 30.3 Å². The largest absolute Gasteiger partial charge is 0.497 e. The summed E-state index contributed by atoms with van der Waals surface area (Å²) < 4.78 is 6.59. The molecule has 7 nitrogen and oxygen atoms in total. The molecule has 1 aliphatic heterocycles. The van der Waals surface area contributed by atoms with Crippen molar-refractivity contribution in [1.29, 1.82) is 0 Å². The molecule has 1 aromatic heterocycles. The summed E-state index contributed by atoms with van der Waals surface area (Å²) in [5.41, 5.74) is 0.966. The second-order valence-electron chi connectivity index (χ2n) is 7.56. The molecule has 1 unspecified atom stereocenters. The predicted octanol–water partition coefficient (Wildman–Crippen LogP) is 2.31. The third kappa shape index (κ3) is 4.07. The monoisotopic (exact) mass is 406 g/mol. The molecule has 156 valence electrons. The van der Waals surface area contributed by atoms with Crippen LogP contribution in [0.4, 0.5) is 0 Å². The summed E-state index contributed by atoms with van der Waals surface area (Å²) in [5.74, 6) is 0.773. The first-order valence-electron chi connectivity index (χ1n) is 10.2. The number of aromatic nitrogens is 2. The molecule has 7 heteroatoms. The first kappa shape index (κ1) is 20.1. The molecule has 1 fully saturated rings. The highest BCUT2D eigenvalue weighted by molar-refractivity contribution is 5.81. The number of hydrogen-bond acceptors (Lipinski definition) is 5. The summed E-state index contributed by atoms with van der Waals surface area (Å²) in [6.07, 6.45) is 1.64. The number of carbonyl (C=O) groups is 1. The van der Waals surface area contributed by atoms with E-state index in [4.69, 9.17) is 4.74 Å². The van der Waals surface area contributed by atoms with E-state index in [2.05, 4.69) is 29.1 Å². The number of benzene rings is 2. The van der Waals surface area contributed by atoms with Gasteiger partial charge in [0.2, 0.25) is 5.91 Å². The molecule has 2 heterocycles. The van der Waals surface area contributed by atoms with Crippen LogP contribution in [-0.4, -0.2) is 58.8 Å². The third-order valence-corrected chi connectivity index (χ3v) is 5.84. The van der Waals surface area contributed by atoms with Crippen LogP contribution in [0.3, 0.4) is 0 Å². The van der Waals surface area contributed by atoms with Crippen molar-refractivity contribution < 1.29 is 9.53 Å². The Morgan fingerprint density at radius 2 is 1.87 bits per heavy atom. The molecule has 30 heavy (non-hydrogen) atoms. The second kappa shape index (κ2) is 8.67. The number of fused-ring (bicyclic) bond motifs is 1. The van der Waals surface area contributed by atoms with Crippen molar-refractivity contribution in [1.82, 2.24) is 19.6 Å². The number of ether oxygens (including phenoxy) is 1. The average Bonchev–Trinajstić information content (AvgIpc) is 2.80. The van der Waals surface area contributed by atoms with E-state index in [9.17, 15) is 9.59 Å². The minimum atomic E-state index is -0.230. The molecule has 0 spiro atoms. The number of hydrogen-bond donors (Lipinski definition) is 0. The summed E-state index contributed by atoms with van der Waals surface area (Å²) in [7, 11) is 1.67.